The van der Waals surface area contributed by atoms with E-state index in [-0.39, 0.29) is 0 Å². The van der Waals surface area contributed by atoms with Gasteiger partial charge in [0, 0.05) is 23.4 Å². The van der Waals surface area contributed by atoms with Crippen LogP contribution in [0.3, 0.4) is 0 Å². The zero-order valence-corrected chi connectivity index (χ0v) is 14.8. The first kappa shape index (κ1) is 17.5. The standard InChI is InChI=1S/C19H20N4O3/c1-24-17-7-5-4-6-14(17)16-11-19(21-12-20-16)22-13-8-9-15(23-26-3)18(10-13)25-2/h4-12,23H,1-3H3,(H,20,21,22). The van der Waals surface area contributed by atoms with Crippen molar-refractivity contribution in [1.82, 2.24) is 9.97 Å². The number of hydrogen-bond acceptors (Lipinski definition) is 7. The summed E-state index contributed by atoms with van der Waals surface area (Å²) >= 11 is 0. The molecule has 0 aliphatic heterocycles. The fourth-order valence-corrected chi connectivity index (χ4v) is 2.54. The van der Waals surface area contributed by atoms with Gasteiger partial charge in [-0.2, -0.15) is 0 Å². The Morgan fingerprint density at radius 3 is 2.42 bits per heavy atom. The van der Waals surface area contributed by atoms with Crippen LogP contribution in [0.15, 0.2) is 54.9 Å². The van der Waals surface area contributed by atoms with Crippen molar-refractivity contribution in [2.75, 3.05) is 32.1 Å². The Hall–Kier alpha value is -3.32. The van der Waals surface area contributed by atoms with Crippen LogP contribution >= 0.6 is 0 Å². The van der Waals surface area contributed by atoms with Crippen molar-refractivity contribution < 1.29 is 14.3 Å². The number of nitrogens with one attached hydrogen (secondary N) is 2. The van der Waals surface area contributed by atoms with Gasteiger partial charge in [0.25, 0.3) is 0 Å². The van der Waals surface area contributed by atoms with Gasteiger partial charge in [-0.05, 0) is 24.3 Å². The molecule has 3 aromatic rings. The van der Waals surface area contributed by atoms with E-state index in [0.29, 0.717) is 11.6 Å². The van der Waals surface area contributed by atoms with Crippen LogP contribution in [0.4, 0.5) is 17.2 Å². The van der Waals surface area contributed by atoms with Gasteiger partial charge in [0.15, 0.2) is 0 Å². The Morgan fingerprint density at radius 2 is 1.65 bits per heavy atom. The van der Waals surface area contributed by atoms with Gasteiger partial charge in [-0.3, -0.25) is 10.3 Å². The quantitative estimate of drug-likeness (QED) is 0.625. The molecule has 0 aliphatic rings. The third-order valence-corrected chi connectivity index (χ3v) is 3.74. The van der Waals surface area contributed by atoms with Crippen molar-refractivity contribution in [3.05, 3.63) is 54.9 Å². The first-order valence-electron chi connectivity index (χ1n) is 7.94. The summed E-state index contributed by atoms with van der Waals surface area (Å²) in [5.41, 5.74) is 6.00. The van der Waals surface area contributed by atoms with Crippen LogP contribution in [0.1, 0.15) is 0 Å². The number of aromatic nitrogens is 2. The second-order valence-corrected chi connectivity index (χ2v) is 5.34. The highest BCUT2D eigenvalue weighted by molar-refractivity contribution is 5.71. The molecule has 0 fully saturated rings. The van der Waals surface area contributed by atoms with Crippen LogP contribution in [0.5, 0.6) is 11.5 Å². The van der Waals surface area contributed by atoms with Gasteiger partial charge >= 0.3 is 0 Å². The normalized spacial score (nSPS) is 10.3. The highest BCUT2D eigenvalue weighted by atomic mass is 16.6. The first-order chi connectivity index (χ1) is 12.7. The Bertz CT molecular complexity index is 886. The second-order valence-electron chi connectivity index (χ2n) is 5.34. The van der Waals surface area contributed by atoms with E-state index in [4.69, 9.17) is 14.3 Å². The zero-order valence-electron chi connectivity index (χ0n) is 14.8. The number of para-hydroxylation sites is 1. The fourth-order valence-electron chi connectivity index (χ4n) is 2.54. The van der Waals surface area contributed by atoms with Gasteiger partial charge in [-0.25, -0.2) is 9.97 Å². The lowest BCUT2D eigenvalue weighted by Gasteiger charge is -2.13. The number of rotatable bonds is 7. The minimum atomic E-state index is 0.649. The molecule has 0 radical (unpaired) electrons. The van der Waals surface area contributed by atoms with Crippen molar-refractivity contribution >= 4 is 17.2 Å². The van der Waals surface area contributed by atoms with E-state index in [9.17, 15) is 0 Å². The van der Waals surface area contributed by atoms with Crippen LogP contribution in [-0.2, 0) is 4.84 Å². The highest BCUT2D eigenvalue weighted by Gasteiger charge is 2.09. The lowest BCUT2D eigenvalue weighted by atomic mass is 10.1. The summed E-state index contributed by atoms with van der Waals surface area (Å²) in [7, 11) is 4.79. The van der Waals surface area contributed by atoms with E-state index < -0.39 is 0 Å². The van der Waals surface area contributed by atoms with Crippen LogP contribution in [0.25, 0.3) is 11.3 Å². The maximum Gasteiger partial charge on any atom is 0.146 e. The molecule has 0 saturated carbocycles. The molecule has 7 heteroatoms. The summed E-state index contributed by atoms with van der Waals surface area (Å²) in [6.45, 7) is 0. The van der Waals surface area contributed by atoms with Gasteiger partial charge < -0.3 is 14.8 Å². The Kier molecular flexibility index (Phi) is 5.50. The summed E-state index contributed by atoms with van der Waals surface area (Å²) in [5, 5.41) is 3.26. The molecule has 3 rings (SSSR count). The largest absolute Gasteiger partial charge is 0.496 e. The summed E-state index contributed by atoms with van der Waals surface area (Å²) in [4.78, 5) is 13.6. The van der Waals surface area contributed by atoms with Crippen molar-refractivity contribution in [2.45, 2.75) is 0 Å². The maximum absolute atomic E-state index is 5.41. The molecular weight excluding hydrogens is 332 g/mol. The Balaban J connectivity index is 1.87. The van der Waals surface area contributed by atoms with Crippen molar-refractivity contribution in [1.29, 1.82) is 0 Å². The summed E-state index contributed by atoms with van der Waals surface area (Å²) in [6, 6.07) is 15.2. The topological polar surface area (TPSA) is 77.5 Å². The zero-order chi connectivity index (χ0) is 18.4. The van der Waals surface area contributed by atoms with E-state index in [1.54, 1.807) is 21.3 Å². The number of benzene rings is 2. The van der Waals surface area contributed by atoms with Crippen molar-refractivity contribution in [2.24, 2.45) is 0 Å². The molecular formula is C19H20N4O3. The van der Waals surface area contributed by atoms with Crippen molar-refractivity contribution in [3.8, 4) is 22.8 Å². The molecule has 0 saturated heterocycles. The molecule has 0 spiro atoms. The third-order valence-electron chi connectivity index (χ3n) is 3.74. The van der Waals surface area contributed by atoms with Crippen LogP contribution in [0, 0.1) is 0 Å². The summed E-state index contributed by atoms with van der Waals surface area (Å²) in [6.07, 6.45) is 1.52. The van der Waals surface area contributed by atoms with E-state index in [1.807, 2.05) is 48.5 Å². The molecule has 0 aliphatic carbocycles. The molecule has 0 amide bonds. The number of methoxy groups -OCH3 is 2. The molecule has 1 aromatic heterocycles. The average Bonchev–Trinajstić information content (AvgIpc) is 2.69. The summed E-state index contributed by atoms with van der Waals surface area (Å²) < 4.78 is 10.8. The molecule has 0 unspecified atom stereocenters. The molecule has 134 valence electrons. The first-order valence-corrected chi connectivity index (χ1v) is 7.94. The average molecular weight is 352 g/mol. The molecule has 2 aromatic carbocycles. The van der Waals surface area contributed by atoms with Crippen LogP contribution in [-0.4, -0.2) is 31.3 Å². The van der Waals surface area contributed by atoms with Gasteiger partial charge in [0.05, 0.1) is 27.0 Å². The van der Waals surface area contributed by atoms with Crippen LogP contribution < -0.4 is 20.3 Å². The van der Waals surface area contributed by atoms with Crippen LogP contribution in [0.2, 0.25) is 0 Å². The number of hydrogen-bond donors (Lipinski definition) is 2. The maximum atomic E-state index is 5.41. The number of ether oxygens (including phenoxy) is 2. The van der Waals surface area contributed by atoms with E-state index in [0.717, 1.165) is 28.4 Å². The van der Waals surface area contributed by atoms with Gasteiger partial charge in [-0.1, -0.05) is 12.1 Å². The van der Waals surface area contributed by atoms with Gasteiger partial charge in [-0.15, -0.1) is 0 Å². The fraction of sp³-hybridized carbons (Fsp3) is 0.158. The number of anilines is 3. The molecule has 0 bridgehead atoms. The van der Waals surface area contributed by atoms with E-state index >= 15 is 0 Å². The van der Waals surface area contributed by atoms with Gasteiger partial charge in [0.1, 0.15) is 29.3 Å². The minimum absolute atomic E-state index is 0.649. The third kappa shape index (κ3) is 3.84. The summed E-state index contributed by atoms with van der Waals surface area (Å²) in [5.74, 6) is 2.07. The molecule has 2 N–H and O–H groups in total. The molecule has 1 heterocycles. The van der Waals surface area contributed by atoms with Gasteiger partial charge in [0.2, 0.25) is 0 Å². The monoisotopic (exact) mass is 352 g/mol. The SMILES string of the molecule is CONc1ccc(Nc2cc(-c3ccccc3OC)ncn2)cc1OC. The predicted octanol–water partition coefficient (Wildman–Crippen LogP) is 3.88. The lowest BCUT2D eigenvalue weighted by molar-refractivity contribution is 0.268. The minimum Gasteiger partial charge on any atom is -0.496 e. The van der Waals surface area contributed by atoms with E-state index in [1.165, 1.54) is 6.33 Å². The highest BCUT2D eigenvalue weighted by Crippen LogP contribution is 2.31. The number of nitrogens with zero attached hydrogens (tertiary/aromatic N) is 2. The molecule has 0 atom stereocenters. The van der Waals surface area contributed by atoms with E-state index in [2.05, 4.69) is 20.8 Å². The molecule has 26 heavy (non-hydrogen) atoms. The second kappa shape index (κ2) is 8.17. The Morgan fingerprint density at radius 1 is 0.846 bits per heavy atom. The van der Waals surface area contributed by atoms with Crippen molar-refractivity contribution in [3.63, 3.8) is 0 Å². The lowest BCUT2D eigenvalue weighted by Crippen LogP contribution is -2.00. The predicted molar refractivity (Wildman–Crippen MR) is 101 cm³/mol. The molecule has 7 nitrogen and oxygen atoms in total. The smallest absolute Gasteiger partial charge is 0.146 e. The Labute approximate surface area is 151 Å².